The van der Waals surface area contributed by atoms with Crippen LogP contribution in [0.3, 0.4) is 0 Å². The van der Waals surface area contributed by atoms with Crippen LogP contribution in [-0.2, 0) is 14.3 Å². The van der Waals surface area contributed by atoms with Crippen molar-refractivity contribution >= 4 is 17.8 Å². The molecule has 0 spiro atoms. The van der Waals surface area contributed by atoms with Crippen LogP contribution in [0.2, 0.25) is 0 Å². The molecule has 2 aromatic rings. The first kappa shape index (κ1) is 17.7. The molecule has 1 amide bonds. The van der Waals surface area contributed by atoms with Crippen molar-refractivity contribution < 1.29 is 24.2 Å². The summed E-state index contributed by atoms with van der Waals surface area (Å²) in [6.07, 6.45) is -1.12. The van der Waals surface area contributed by atoms with Gasteiger partial charge in [-0.2, -0.15) is 0 Å². The molecule has 0 bridgehead atoms. The van der Waals surface area contributed by atoms with Crippen molar-refractivity contribution in [2.75, 3.05) is 6.61 Å². The van der Waals surface area contributed by atoms with Crippen LogP contribution in [0.1, 0.15) is 30.4 Å². The summed E-state index contributed by atoms with van der Waals surface area (Å²) in [6.45, 7) is 1.36. The first-order valence-corrected chi connectivity index (χ1v) is 8.31. The number of hydrogen-bond acceptors (Lipinski definition) is 4. The summed E-state index contributed by atoms with van der Waals surface area (Å²) < 4.78 is 5.28. The lowest BCUT2D eigenvalue weighted by Crippen LogP contribution is -2.42. The van der Waals surface area contributed by atoms with E-state index in [-0.39, 0.29) is 24.7 Å². The highest BCUT2D eigenvalue weighted by Gasteiger charge is 2.29. The van der Waals surface area contributed by atoms with E-state index in [1.54, 1.807) is 0 Å². The van der Waals surface area contributed by atoms with Crippen LogP contribution >= 0.6 is 0 Å². The number of alkyl carbamates (subject to hydrolysis) is 1. The molecule has 6 heteroatoms. The largest absolute Gasteiger partial charge is 0.480 e. The third kappa shape index (κ3) is 3.59. The van der Waals surface area contributed by atoms with Crippen LogP contribution in [0.15, 0.2) is 48.5 Å². The maximum atomic E-state index is 12.0. The van der Waals surface area contributed by atoms with Gasteiger partial charge in [-0.3, -0.25) is 4.79 Å². The maximum Gasteiger partial charge on any atom is 0.407 e. The van der Waals surface area contributed by atoms with Gasteiger partial charge in [0.15, 0.2) is 0 Å². The minimum Gasteiger partial charge on any atom is -0.480 e. The Bertz CT molecular complexity index is 815. The highest BCUT2D eigenvalue weighted by Crippen LogP contribution is 2.44. The molecule has 1 aliphatic carbocycles. The number of amides is 1. The Labute approximate surface area is 150 Å². The van der Waals surface area contributed by atoms with Gasteiger partial charge in [0.25, 0.3) is 0 Å². The lowest BCUT2D eigenvalue weighted by Gasteiger charge is -2.16. The number of hydrogen-bond donors (Lipinski definition) is 2. The summed E-state index contributed by atoms with van der Waals surface area (Å²) in [5.41, 5.74) is 4.36. The summed E-state index contributed by atoms with van der Waals surface area (Å²) in [7, 11) is 0. The van der Waals surface area contributed by atoms with E-state index in [4.69, 9.17) is 9.84 Å². The summed E-state index contributed by atoms with van der Waals surface area (Å²) in [4.78, 5) is 34.3. The lowest BCUT2D eigenvalue weighted by atomic mass is 9.98. The summed E-state index contributed by atoms with van der Waals surface area (Å²) in [5, 5.41) is 11.3. The van der Waals surface area contributed by atoms with Crippen LogP contribution in [-0.4, -0.2) is 35.6 Å². The molecule has 0 unspecified atom stereocenters. The third-order valence-corrected chi connectivity index (χ3v) is 4.43. The molecule has 0 heterocycles. The molecule has 0 radical (unpaired) electrons. The molecule has 0 fully saturated rings. The number of ether oxygens (including phenoxy) is 1. The molecule has 6 nitrogen and oxygen atoms in total. The number of carboxylic acid groups (broad SMARTS) is 1. The fraction of sp³-hybridized carbons (Fsp3) is 0.250. The number of carboxylic acids is 1. The molecule has 134 valence electrons. The molecule has 2 N–H and O–H groups in total. The van der Waals surface area contributed by atoms with Gasteiger partial charge in [0.05, 0.1) is 0 Å². The highest BCUT2D eigenvalue weighted by molar-refractivity contribution is 5.87. The highest BCUT2D eigenvalue weighted by atomic mass is 16.5. The Balaban J connectivity index is 1.71. The van der Waals surface area contributed by atoms with Crippen LogP contribution in [0.25, 0.3) is 11.1 Å². The molecule has 3 rings (SSSR count). The van der Waals surface area contributed by atoms with Gasteiger partial charge in [0.2, 0.25) is 0 Å². The zero-order valence-electron chi connectivity index (χ0n) is 14.3. The van der Waals surface area contributed by atoms with E-state index < -0.39 is 18.1 Å². The van der Waals surface area contributed by atoms with Gasteiger partial charge >= 0.3 is 12.1 Å². The van der Waals surface area contributed by atoms with E-state index in [9.17, 15) is 14.4 Å². The van der Waals surface area contributed by atoms with Crippen LogP contribution in [0, 0.1) is 0 Å². The van der Waals surface area contributed by atoms with Crippen LogP contribution in [0.5, 0.6) is 0 Å². The van der Waals surface area contributed by atoms with E-state index in [0.717, 1.165) is 22.3 Å². The monoisotopic (exact) mass is 353 g/mol. The number of nitrogens with one attached hydrogen (secondary N) is 1. The Morgan fingerprint density at radius 3 is 2.08 bits per heavy atom. The third-order valence-electron chi connectivity index (χ3n) is 4.43. The van der Waals surface area contributed by atoms with E-state index in [2.05, 4.69) is 5.32 Å². The predicted molar refractivity (Wildman–Crippen MR) is 94.9 cm³/mol. The predicted octanol–water partition coefficient (Wildman–Crippen LogP) is 2.96. The maximum absolute atomic E-state index is 12.0. The zero-order chi connectivity index (χ0) is 18.7. The average molecular weight is 353 g/mol. The minimum absolute atomic E-state index is 0.0896. The molecule has 0 saturated heterocycles. The SMILES string of the molecule is CC(=O)C[C@H](NC(=O)OCC1c2ccccc2-c2ccccc21)C(=O)O. The number of ketones is 1. The van der Waals surface area contributed by atoms with Gasteiger partial charge < -0.3 is 15.2 Å². The van der Waals surface area contributed by atoms with Gasteiger partial charge in [-0.15, -0.1) is 0 Å². The van der Waals surface area contributed by atoms with Gasteiger partial charge in [0.1, 0.15) is 18.4 Å². The average Bonchev–Trinajstić information content (AvgIpc) is 2.93. The molecule has 1 aliphatic rings. The Hall–Kier alpha value is -3.15. The van der Waals surface area contributed by atoms with Crippen molar-refractivity contribution in [2.45, 2.75) is 25.3 Å². The van der Waals surface area contributed by atoms with E-state index >= 15 is 0 Å². The van der Waals surface area contributed by atoms with Gasteiger partial charge in [-0.05, 0) is 29.2 Å². The van der Waals surface area contributed by atoms with Crippen LogP contribution in [0.4, 0.5) is 4.79 Å². The number of rotatable bonds is 6. The second-order valence-corrected chi connectivity index (χ2v) is 6.27. The second kappa shape index (κ2) is 7.39. The lowest BCUT2D eigenvalue weighted by molar-refractivity contribution is -0.141. The number of fused-ring (bicyclic) bond motifs is 3. The van der Waals surface area contributed by atoms with Crippen molar-refractivity contribution in [2.24, 2.45) is 0 Å². The molecule has 0 saturated carbocycles. The zero-order valence-corrected chi connectivity index (χ0v) is 14.3. The molecule has 0 aliphatic heterocycles. The number of benzene rings is 2. The molecule has 26 heavy (non-hydrogen) atoms. The van der Waals surface area contributed by atoms with Gasteiger partial charge in [0, 0.05) is 12.3 Å². The van der Waals surface area contributed by atoms with E-state index in [1.165, 1.54) is 6.92 Å². The van der Waals surface area contributed by atoms with Gasteiger partial charge in [-0.1, -0.05) is 48.5 Å². The van der Waals surface area contributed by atoms with E-state index in [0.29, 0.717) is 0 Å². The van der Waals surface area contributed by atoms with Crippen molar-refractivity contribution in [1.82, 2.24) is 5.32 Å². The number of Topliss-reactive ketones (excluding diaryl/α,β-unsaturated/α-hetero) is 1. The van der Waals surface area contributed by atoms with Crippen molar-refractivity contribution in [3.63, 3.8) is 0 Å². The smallest absolute Gasteiger partial charge is 0.407 e. The van der Waals surface area contributed by atoms with Crippen molar-refractivity contribution in [3.05, 3.63) is 59.7 Å². The van der Waals surface area contributed by atoms with E-state index in [1.807, 2.05) is 48.5 Å². The molecule has 1 atom stereocenters. The Morgan fingerprint density at radius 2 is 1.58 bits per heavy atom. The molecular weight excluding hydrogens is 334 g/mol. The Kier molecular flexibility index (Phi) is 5.02. The number of aliphatic carboxylic acids is 1. The van der Waals surface area contributed by atoms with Crippen molar-refractivity contribution in [3.8, 4) is 11.1 Å². The summed E-state index contributed by atoms with van der Waals surface area (Å²) >= 11 is 0. The minimum atomic E-state index is -1.29. The number of carbonyl (C=O) groups is 3. The fourth-order valence-corrected chi connectivity index (χ4v) is 3.27. The fourth-order valence-electron chi connectivity index (χ4n) is 3.27. The topological polar surface area (TPSA) is 92.7 Å². The quantitative estimate of drug-likeness (QED) is 0.833. The van der Waals surface area contributed by atoms with Crippen molar-refractivity contribution in [1.29, 1.82) is 0 Å². The summed E-state index contributed by atoms with van der Waals surface area (Å²) in [6, 6.07) is 14.6. The molecule has 2 aromatic carbocycles. The van der Waals surface area contributed by atoms with Crippen LogP contribution < -0.4 is 5.32 Å². The standard InChI is InChI=1S/C20H19NO5/c1-12(22)10-18(19(23)24)21-20(25)26-11-17-15-8-4-2-6-13(15)14-7-3-5-9-16(14)17/h2-9,17-18H,10-11H2,1H3,(H,21,25)(H,23,24)/t18-/m0/s1. The number of carbonyl (C=O) groups excluding carboxylic acids is 2. The Morgan fingerprint density at radius 1 is 1.04 bits per heavy atom. The first-order chi connectivity index (χ1) is 12.5. The normalized spacial score (nSPS) is 13.4. The van der Waals surface area contributed by atoms with Gasteiger partial charge in [-0.25, -0.2) is 9.59 Å². The first-order valence-electron chi connectivity index (χ1n) is 8.31. The molecule has 0 aromatic heterocycles. The molecular formula is C20H19NO5. The second-order valence-electron chi connectivity index (χ2n) is 6.27. The summed E-state index contributed by atoms with van der Waals surface area (Å²) in [5.74, 6) is -1.70.